The van der Waals surface area contributed by atoms with Gasteiger partial charge in [-0.1, -0.05) is 35.3 Å². The summed E-state index contributed by atoms with van der Waals surface area (Å²) in [5, 5.41) is 3.70. The molecule has 0 saturated carbocycles. The van der Waals surface area contributed by atoms with E-state index in [-0.39, 0.29) is 0 Å². The van der Waals surface area contributed by atoms with Gasteiger partial charge in [0.25, 0.3) is 0 Å². The fraction of sp³-hybridized carbons (Fsp3) is 0.214. The van der Waals surface area contributed by atoms with Crippen molar-refractivity contribution in [1.29, 1.82) is 0 Å². The van der Waals surface area contributed by atoms with E-state index in [9.17, 15) is 13.2 Å². The predicted molar refractivity (Wildman–Crippen MR) is 76.6 cm³/mol. The highest BCUT2D eigenvalue weighted by Gasteiger charge is 2.31. The molecule has 1 N–H and O–H groups in total. The van der Waals surface area contributed by atoms with Crippen LogP contribution in [0.4, 0.5) is 13.2 Å². The summed E-state index contributed by atoms with van der Waals surface area (Å²) in [6, 6.07) is 6.97. The molecule has 0 aliphatic heterocycles. The molecule has 1 unspecified atom stereocenters. The molecule has 7 heteroatoms. The number of nitrogens with one attached hydrogen (secondary N) is 1. The summed E-state index contributed by atoms with van der Waals surface area (Å²) in [6.07, 6.45) is -3.60. The van der Waals surface area contributed by atoms with Crippen molar-refractivity contribution in [2.45, 2.75) is 12.2 Å². The number of nitrogens with zero attached hydrogens (tertiary/aromatic N) is 1. The zero-order chi connectivity index (χ0) is 15.6. The minimum Gasteiger partial charge on any atom is -0.308 e. The number of benzene rings is 1. The third-order valence-corrected chi connectivity index (χ3v) is 3.82. The largest absolute Gasteiger partial charge is 0.417 e. The van der Waals surface area contributed by atoms with Gasteiger partial charge in [-0.15, -0.1) is 0 Å². The molecular formula is C14H11Cl2F3N2. The van der Waals surface area contributed by atoms with E-state index < -0.39 is 17.8 Å². The molecule has 2 aromatic rings. The molecule has 1 atom stereocenters. The first kappa shape index (κ1) is 16.1. The van der Waals surface area contributed by atoms with Crippen LogP contribution < -0.4 is 5.32 Å². The van der Waals surface area contributed by atoms with Gasteiger partial charge < -0.3 is 5.32 Å². The molecule has 2 rings (SSSR count). The monoisotopic (exact) mass is 334 g/mol. The van der Waals surface area contributed by atoms with Crippen molar-refractivity contribution in [2.75, 3.05) is 7.05 Å². The second-order valence-electron chi connectivity index (χ2n) is 4.33. The standard InChI is InChI=1S/C14H11Cl2F3N2/c1-20-13(9-3-2-4-10(15)12(9)16)11-6-5-8(7-21-11)14(17,18)19/h2-7,13,20H,1H3. The third-order valence-electron chi connectivity index (χ3n) is 2.99. The lowest BCUT2D eigenvalue weighted by Crippen LogP contribution is -2.20. The molecule has 0 spiro atoms. The molecule has 0 saturated heterocycles. The maximum absolute atomic E-state index is 12.5. The second kappa shape index (κ2) is 6.22. The molecule has 2 nitrogen and oxygen atoms in total. The summed E-state index contributed by atoms with van der Waals surface area (Å²) < 4.78 is 37.6. The van der Waals surface area contributed by atoms with Crippen molar-refractivity contribution in [1.82, 2.24) is 10.3 Å². The number of halogens is 5. The van der Waals surface area contributed by atoms with Crippen LogP contribution in [0.3, 0.4) is 0 Å². The van der Waals surface area contributed by atoms with Crippen LogP contribution in [-0.4, -0.2) is 12.0 Å². The summed E-state index contributed by atoms with van der Waals surface area (Å²) in [7, 11) is 1.67. The van der Waals surface area contributed by atoms with E-state index in [2.05, 4.69) is 10.3 Å². The number of hydrogen-bond acceptors (Lipinski definition) is 2. The van der Waals surface area contributed by atoms with Gasteiger partial charge in [0.2, 0.25) is 0 Å². The van der Waals surface area contributed by atoms with Gasteiger partial charge >= 0.3 is 6.18 Å². The van der Waals surface area contributed by atoms with Gasteiger partial charge in [0.05, 0.1) is 27.3 Å². The van der Waals surface area contributed by atoms with Crippen molar-refractivity contribution >= 4 is 23.2 Å². The van der Waals surface area contributed by atoms with Crippen LogP contribution in [0.15, 0.2) is 36.5 Å². The van der Waals surface area contributed by atoms with E-state index in [0.29, 0.717) is 21.3 Å². The molecule has 1 heterocycles. The highest BCUT2D eigenvalue weighted by molar-refractivity contribution is 6.42. The lowest BCUT2D eigenvalue weighted by molar-refractivity contribution is -0.137. The fourth-order valence-electron chi connectivity index (χ4n) is 1.95. The lowest BCUT2D eigenvalue weighted by atomic mass is 10.0. The van der Waals surface area contributed by atoms with Crippen molar-refractivity contribution < 1.29 is 13.2 Å². The number of aromatic nitrogens is 1. The number of rotatable bonds is 3. The molecule has 0 fully saturated rings. The highest BCUT2D eigenvalue weighted by atomic mass is 35.5. The van der Waals surface area contributed by atoms with Gasteiger partial charge in [0.1, 0.15) is 0 Å². The molecule has 0 bridgehead atoms. The van der Waals surface area contributed by atoms with Crippen molar-refractivity contribution in [3.8, 4) is 0 Å². The SMILES string of the molecule is CNC(c1ccc(C(F)(F)F)cn1)c1cccc(Cl)c1Cl. The smallest absolute Gasteiger partial charge is 0.308 e. The summed E-state index contributed by atoms with van der Waals surface area (Å²) in [5.74, 6) is 0. The van der Waals surface area contributed by atoms with Crippen LogP contribution in [0.25, 0.3) is 0 Å². The number of hydrogen-bond donors (Lipinski definition) is 1. The Morgan fingerprint density at radius 1 is 1.14 bits per heavy atom. The summed E-state index contributed by atoms with van der Waals surface area (Å²) >= 11 is 12.1. The van der Waals surface area contributed by atoms with Crippen LogP contribution in [0.5, 0.6) is 0 Å². The first-order valence-electron chi connectivity index (χ1n) is 5.99. The Kier molecular flexibility index (Phi) is 4.76. The molecule has 0 amide bonds. The van der Waals surface area contributed by atoms with Crippen LogP contribution in [0, 0.1) is 0 Å². The van der Waals surface area contributed by atoms with E-state index >= 15 is 0 Å². The average Bonchev–Trinajstić information content (AvgIpc) is 2.44. The Hall–Kier alpha value is -1.30. The summed E-state index contributed by atoms with van der Waals surface area (Å²) in [5.41, 5.74) is 0.284. The lowest BCUT2D eigenvalue weighted by Gasteiger charge is -2.18. The van der Waals surface area contributed by atoms with Gasteiger partial charge in [-0.3, -0.25) is 4.98 Å². The van der Waals surface area contributed by atoms with Crippen LogP contribution in [-0.2, 0) is 6.18 Å². The van der Waals surface area contributed by atoms with Gasteiger partial charge in [-0.05, 0) is 30.8 Å². The van der Waals surface area contributed by atoms with E-state index in [4.69, 9.17) is 23.2 Å². The van der Waals surface area contributed by atoms with Crippen molar-refractivity contribution in [2.24, 2.45) is 0 Å². The average molecular weight is 335 g/mol. The van der Waals surface area contributed by atoms with Gasteiger partial charge in [0.15, 0.2) is 0 Å². The third kappa shape index (κ3) is 3.48. The van der Waals surface area contributed by atoms with Crippen LogP contribution in [0.1, 0.15) is 22.9 Å². The van der Waals surface area contributed by atoms with Crippen molar-refractivity contribution in [3.63, 3.8) is 0 Å². The van der Waals surface area contributed by atoms with E-state index in [1.165, 1.54) is 6.07 Å². The normalized spacial score (nSPS) is 13.2. The minimum absolute atomic E-state index is 0.347. The molecule has 0 radical (unpaired) electrons. The first-order chi connectivity index (χ1) is 9.84. The van der Waals surface area contributed by atoms with Gasteiger partial charge in [-0.2, -0.15) is 13.2 Å². The topological polar surface area (TPSA) is 24.9 Å². The van der Waals surface area contributed by atoms with E-state index in [1.807, 2.05) is 0 Å². The highest BCUT2D eigenvalue weighted by Crippen LogP contribution is 2.33. The van der Waals surface area contributed by atoms with Gasteiger partial charge in [0, 0.05) is 6.20 Å². The molecule has 112 valence electrons. The first-order valence-corrected chi connectivity index (χ1v) is 6.74. The molecule has 1 aromatic heterocycles. The fourth-order valence-corrected chi connectivity index (χ4v) is 2.37. The Morgan fingerprint density at radius 2 is 1.86 bits per heavy atom. The Balaban J connectivity index is 2.40. The maximum atomic E-state index is 12.5. The minimum atomic E-state index is -4.41. The quantitative estimate of drug-likeness (QED) is 0.878. The zero-order valence-electron chi connectivity index (χ0n) is 10.9. The van der Waals surface area contributed by atoms with Crippen LogP contribution >= 0.6 is 23.2 Å². The zero-order valence-corrected chi connectivity index (χ0v) is 12.4. The molecule has 0 aliphatic carbocycles. The Labute approximate surface area is 129 Å². The van der Waals surface area contributed by atoms with Crippen molar-refractivity contribution in [3.05, 3.63) is 63.4 Å². The Bertz CT molecular complexity index is 627. The number of pyridine rings is 1. The summed E-state index contributed by atoms with van der Waals surface area (Å²) in [4.78, 5) is 3.88. The van der Waals surface area contributed by atoms with Gasteiger partial charge in [-0.25, -0.2) is 0 Å². The number of alkyl halides is 3. The molecule has 1 aromatic carbocycles. The Morgan fingerprint density at radius 3 is 2.38 bits per heavy atom. The molecule has 21 heavy (non-hydrogen) atoms. The predicted octanol–water partition coefficient (Wildman–Crippen LogP) is 4.72. The summed E-state index contributed by atoms with van der Waals surface area (Å²) in [6.45, 7) is 0. The van der Waals surface area contributed by atoms with Crippen LogP contribution in [0.2, 0.25) is 10.0 Å². The maximum Gasteiger partial charge on any atom is 0.417 e. The van der Waals surface area contributed by atoms with E-state index in [0.717, 1.165) is 12.3 Å². The molecule has 0 aliphatic rings. The second-order valence-corrected chi connectivity index (χ2v) is 5.12. The van der Waals surface area contributed by atoms with E-state index in [1.54, 1.807) is 25.2 Å². The molecular weight excluding hydrogens is 324 g/mol.